The number of anilines is 1. The van der Waals surface area contributed by atoms with Gasteiger partial charge in [0.25, 0.3) is 5.56 Å². The van der Waals surface area contributed by atoms with Crippen LogP contribution in [0.3, 0.4) is 0 Å². The first kappa shape index (κ1) is 18.4. The highest BCUT2D eigenvalue weighted by atomic mass is 16.5. The number of carbonyl (C=O) groups is 1. The van der Waals surface area contributed by atoms with Gasteiger partial charge in [-0.2, -0.15) is 0 Å². The fourth-order valence-corrected chi connectivity index (χ4v) is 3.08. The van der Waals surface area contributed by atoms with Gasteiger partial charge in [-0.25, -0.2) is 4.98 Å². The fraction of sp³-hybridized carbons (Fsp3) is 0.526. The Morgan fingerprint density at radius 3 is 2.62 bits per heavy atom. The van der Waals surface area contributed by atoms with Gasteiger partial charge in [0.05, 0.1) is 24.2 Å². The molecule has 26 heavy (non-hydrogen) atoms. The molecule has 2 aromatic rings. The van der Waals surface area contributed by atoms with Gasteiger partial charge in [0.15, 0.2) is 5.82 Å². The van der Waals surface area contributed by atoms with Crippen molar-refractivity contribution in [2.75, 3.05) is 31.2 Å². The lowest BCUT2D eigenvalue weighted by Crippen LogP contribution is -2.42. The highest BCUT2D eigenvalue weighted by molar-refractivity contribution is 5.78. The molecule has 1 aliphatic rings. The third-order valence-corrected chi connectivity index (χ3v) is 4.22. The van der Waals surface area contributed by atoms with Crippen molar-refractivity contribution in [3.8, 4) is 0 Å². The summed E-state index contributed by atoms with van der Waals surface area (Å²) in [7, 11) is 0. The summed E-state index contributed by atoms with van der Waals surface area (Å²) in [4.78, 5) is 31.8. The summed E-state index contributed by atoms with van der Waals surface area (Å²) >= 11 is 0. The molecule has 0 unspecified atom stereocenters. The number of hydrogen-bond donors (Lipinski definition) is 1. The molecule has 1 fully saturated rings. The number of fused-ring (bicyclic) bond motifs is 1. The van der Waals surface area contributed by atoms with Gasteiger partial charge < -0.3 is 19.5 Å². The molecular weight excluding hydrogens is 332 g/mol. The number of benzene rings is 1. The number of aromatic nitrogens is 2. The maximum Gasteiger partial charge on any atom is 0.294 e. The molecule has 1 amide bonds. The number of nitrogens with zero attached hydrogens (tertiary/aromatic N) is 3. The number of para-hydroxylation sites is 2. The normalized spacial score (nSPS) is 15.3. The average Bonchev–Trinajstić information content (AvgIpc) is 2.60. The number of morpholine rings is 1. The lowest BCUT2D eigenvalue weighted by Gasteiger charge is -2.28. The van der Waals surface area contributed by atoms with E-state index in [2.05, 4.69) is 10.3 Å². The smallest absolute Gasteiger partial charge is 0.294 e. The molecule has 7 heteroatoms. The van der Waals surface area contributed by atoms with E-state index in [9.17, 15) is 9.59 Å². The molecule has 140 valence electrons. The van der Waals surface area contributed by atoms with Gasteiger partial charge in [0, 0.05) is 31.6 Å². The summed E-state index contributed by atoms with van der Waals surface area (Å²) in [5.41, 5.74) is 1.05. The van der Waals surface area contributed by atoms with Gasteiger partial charge in [0.1, 0.15) is 0 Å². The summed E-state index contributed by atoms with van der Waals surface area (Å²) < 4.78 is 7.04. The molecule has 0 spiro atoms. The van der Waals surface area contributed by atoms with Crippen molar-refractivity contribution in [1.82, 2.24) is 14.9 Å². The first-order valence-electron chi connectivity index (χ1n) is 8.98. The van der Waals surface area contributed by atoms with Crippen LogP contribution in [0.15, 0.2) is 29.1 Å². The third-order valence-electron chi connectivity index (χ3n) is 4.22. The van der Waals surface area contributed by atoms with Gasteiger partial charge in [-0.1, -0.05) is 12.1 Å². The van der Waals surface area contributed by atoms with Gasteiger partial charge in [-0.05, 0) is 32.9 Å². The van der Waals surface area contributed by atoms with Crippen molar-refractivity contribution in [2.45, 2.75) is 39.3 Å². The maximum atomic E-state index is 13.1. The number of amides is 1. The lowest BCUT2D eigenvalue weighted by molar-refractivity contribution is -0.122. The molecule has 3 rings (SSSR count). The summed E-state index contributed by atoms with van der Waals surface area (Å²) in [5, 5.41) is 2.94. The van der Waals surface area contributed by atoms with E-state index in [0.717, 1.165) is 11.0 Å². The van der Waals surface area contributed by atoms with Gasteiger partial charge in [0.2, 0.25) is 5.91 Å². The van der Waals surface area contributed by atoms with Crippen molar-refractivity contribution >= 4 is 22.8 Å². The quantitative estimate of drug-likeness (QED) is 0.897. The van der Waals surface area contributed by atoms with Gasteiger partial charge in [-0.15, -0.1) is 0 Å². The van der Waals surface area contributed by atoms with E-state index in [4.69, 9.17) is 4.74 Å². The molecule has 1 aromatic heterocycles. The fourth-order valence-electron chi connectivity index (χ4n) is 3.08. The first-order chi connectivity index (χ1) is 12.3. The SMILES string of the molecule is CC(C)(C)NC(=O)CCn1c(=O)c(N2CCOCC2)nc2ccccc21. The first-order valence-corrected chi connectivity index (χ1v) is 8.98. The summed E-state index contributed by atoms with van der Waals surface area (Å²) in [6.45, 7) is 8.60. The molecular formula is C19H26N4O3. The topological polar surface area (TPSA) is 76.5 Å². The van der Waals surface area contributed by atoms with Crippen molar-refractivity contribution in [3.63, 3.8) is 0 Å². The summed E-state index contributed by atoms with van der Waals surface area (Å²) in [6.07, 6.45) is 0.244. The number of aryl methyl sites for hydroxylation is 1. The van der Waals surface area contributed by atoms with Gasteiger partial charge in [-0.3, -0.25) is 9.59 Å². The second kappa shape index (κ2) is 7.45. The van der Waals surface area contributed by atoms with Crippen LogP contribution in [0.2, 0.25) is 0 Å². The molecule has 1 saturated heterocycles. The Kier molecular flexibility index (Phi) is 5.27. The largest absolute Gasteiger partial charge is 0.378 e. The zero-order valence-electron chi connectivity index (χ0n) is 15.6. The Bertz CT molecular complexity index is 848. The molecule has 0 bridgehead atoms. The summed E-state index contributed by atoms with van der Waals surface area (Å²) in [5.74, 6) is 0.362. The van der Waals surface area contributed by atoms with E-state index in [1.165, 1.54) is 0 Å². The standard InChI is InChI=1S/C19H26N4O3/c1-19(2,3)21-16(24)8-9-23-15-7-5-4-6-14(15)20-17(18(23)25)22-10-12-26-13-11-22/h4-7H,8-13H2,1-3H3,(H,21,24). The van der Waals surface area contributed by atoms with E-state index in [0.29, 0.717) is 38.7 Å². The van der Waals surface area contributed by atoms with Crippen LogP contribution in [0, 0.1) is 0 Å². The Morgan fingerprint density at radius 2 is 1.92 bits per heavy atom. The number of ether oxygens (including phenoxy) is 1. The minimum Gasteiger partial charge on any atom is -0.378 e. The Hall–Kier alpha value is -2.41. The molecule has 0 atom stereocenters. The van der Waals surface area contributed by atoms with Gasteiger partial charge >= 0.3 is 0 Å². The van der Waals surface area contributed by atoms with Crippen LogP contribution >= 0.6 is 0 Å². The highest BCUT2D eigenvalue weighted by Crippen LogP contribution is 2.16. The predicted molar refractivity (Wildman–Crippen MR) is 102 cm³/mol. The van der Waals surface area contributed by atoms with Crippen molar-refractivity contribution < 1.29 is 9.53 Å². The molecule has 1 aliphatic heterocycles. The third kappa shape index (κ3) is 4.22. The zero-order chi connectivity index (χ0) is 18.7. The molecule has 1 aromatic carbocycles. The second-order valence-corrected chi connectivity index (χ2v) is 7.53. The van der Waals surface area contributed by atoms with E-state index in [1.54, 1.807) is 4.57 Å². The number of rotatable bonds is 4. The van der Waals surface area contributed by atoms with Crippen LogP contribution in [0.25, 0.3) is 11.0 Å². The van der Waals surface area contributed by atoms with Crippen LogP contribution in [0.5, 0.6) is 0 Å². The molecule has 0 radical (unpaired) electrons. The van der Waals surface area contributed by atoms with Crippen LogP contribution < -0.4 is 15.8 Å². The molecule has 0 aliphatic carbocycles. The summed E-state index contributed by atoms with van der Waals surface area (Å²) in [6, 6.07) is 7.54. The number of carbonyl (C=O) groups excluding carboxylic acids is 1. The Morgan fingerprint density at radius 1 is 1.23 bits per heavy atom. The van der Waals surface area contributed by atoms with Crippen molar-refractivity contribution in [1.29, 1.82) is 0 Å². The minimum absolute atomic E-state index is 0.0711. The Balaban J connectivity index is 1.93. The van der Waals surface area contributed by atoms with Crippen LogP contribution in [-0.4, -0.2) is 47.3 Å². The highest BCUT2D eigenvalue weighted by Gasteiger charge is 2.20. The van der Waals surface area contributed by atoms with Crippen LogP contribution in [0.1, 0.15) is 27.2 Å². The maximum absolute atomic E-state index is 13.1. The minimum atomic E-state index is -0.290. The van der Waals surface area contributed by atoms with E-state index in [1.807, 2.05) is 49.9 Å². The molecule has 7 nitrogen and oxygen atoms in total. The molecule has 2 heterocycles. The van der Waals surface area contributed by atoms with E-state index in [-0.39, 0.29) is 23.4 Å². The molecule has 0 saturated carbocycles. The second-order valence-electron chi connectivity index (χ2n) is 7.53. The Labute approximate surface area is 153 Å². The van der Waals surface area contributed by atoms with Crippen molar-refractivity contribution in [2.24, 2.45) is 0 Å². The zero-order valence-corrected chi connectivity index (χ0v) is 15.6. The lowest BCUT2D eigenvalue weighted by atomic mass is 10.1. The van der Waals surface area contributed by atoms with Crippen molar-refractivity contribution in [3.05, 3.63) is 34.6 Å². The van der Waals surface area contributed by atoms with E-state index >= 15 is 0 Å². The predicted octanol–water partition coefficient (Wildman–Crippen LogP) is 1.54. The monoisotopic (exact) mass is 358 g/mol. The average molecular weight is 358 g/mol. The van der Waals surface area contributed by atoms with E-state index < -0.39 is 0 Å². The number of nitrogens with one attached hydrogen (secondary N) is 1. The van der Waals surface area contributed by atoms with Crippen LogP contribution in [0.4, 0.5) is 5.82 Å². The van der Waals surface area contributed by atoms with Crippen LogP contribution in [-0.2, 0) is 16.1 Å². The number of hydrogen-bond acceptors (Lipinski definition) is 5. The molecule has 1 N–H and O–H groups in total.